The van der Waals surface area contributed by atoms with Gasteiger partial charge < -0.3 is 15.4 Å². The number of hydrogen-bond donors (Lipinski definition) is 2. The van der Waals surface area contributed by atoms with Crippen LogP contribution < -0.4 is 26.6 Å². The summed E-state index contributed by atoms with van der Waals surface area (Å²) < 4.78 is 7.10. The number of anilines is 2. The maximum Gasteiger partial charge on any atom is 0.330 e. The van der Waals surface area contributed by atoms with Crippen molar-refractivity contribution in [2.75, 3.05) is 17.2 Å². The van der Waals surface area contributed by atoms with Crippen molar-refractivity contribution in [1.29, 1.82) is 0 Å². The molecule has 3 N–H and O–H groups in total. The molecule has 1 aromatic heterocycles. The molecule has 0 radical (unpaired) electrons. The predicted molar refractivity (Wildman–Crippen MR) is 130 cm³/mol. The van der Waals surface area contributed by atoms with Crippen LogP contribution in [0.3, 0.4) is 0 Å². The zero-order valence-corrected chi connectivity index (χ0v) is 19.2. The van der Waals surface area contributed by atoms with E-state index in [0.717, 1.165) is 6.42 Å². The fourth-order valence-corrected chi connectivity index (χ4v) is 3.46. The van der Waals surface area contributed by atoms with E-state index in [4.69, 9.17) is 10.5 Å². The molecule has 0 spiro atoms. The third-order valence-corrected chi connectivity index (χ3v) is 5.09. The molecule has 8 heteroatoms. The minimum atomic E-state index is -0.675. The summed E-state index contributed by atoms with van der Waals surface area (Å²) in [5, 5.41) is 0. The van der Waals surface area contributed by atoms with Crippen molar-refractivity contribution in [2.24, 2.45) is 5.92 Å². The Kier molecular flexibility index (Phi) is 7.71. The number of aromatic nitrogens is 2. The molecule has 0 unspecified atom stereocenters. The van der Waals surface area contributed by atoms with Gasteiger partial charge in [0, 0.05) is 18.7 Å². The van der Waals surface area contributed by atoms with E-state index in [-0.39, 0.29) is 23.3 Å². The summed E-state index contributed by atoms with van der Waals surface area (Å²) in [6, 6.07) is 16.0. The van der Waals surface area contributed by atoms with Crippen molar-refractivity contribution in [3.8, 4) is 11.5 Å². The van der Waals surface area contributed by atoms with Crippen LogP contribution in [-0.2, 0) is 6.54 Å². The summed E-state index contributed by atoms with van der Waals surface area (Å²) in [5.74, 6) is 1.02. The molecule has 2 aromatic carbocycles. The van der Waals surface area contributed by atoms with Gasteiger partial charge in [0.1, 0.15) is 17.3 Å². The van der Waals surface area contributed by atoms with Crippen LogP contribution in [0.15, 0.2) is 64.2 Å². The van der Waals surface area contributed by atoms with Crippen LogP contribution in [0.5, 0.6) is 11.5 Å². The second-order valence-electron chi connectivity index (χ2n) is 8.25. The highest BCUT2D eigenvalue weighted by Crippen LogP contribution is 2.24. The number of nitrogens with zero attached hydrogens (tertiary/aromatic N) is 2. The van der Waals surface area contributed by atoms with E-state index in [1.54, 1.807) is 24.3 Å². The molecule has 3 rings (SSSR count). The zero-order valence-electron chi connectivity index (χ0n) is 19.2. The van der Waals surface area contributed by atoms with E-state index in [0.29, 0.717) is 36.6 Å². The average Bonchev–Trinajstić information content (AvgIpc) is 2.79. The van der Waals surface area contributed by atoms with E-state index in [1.165, 1.54) is 9.47 Å². The summed E-state index contributed by atoms with van der Waals surface area (Å²) in [5.41, 5.74) is 5.38. The van der Waals surface area contributed by atoms with Gasteiger partial charge in [-0.3, -0.25) is 19.1 Å². The molecule has 0 aliphatic heterocycles. The molecule has 1 amide bonds. The Bertz CT molecular complexity index is 1200. The number of para-hydroxylation sites is 1. The molecular formula is C25H30N4O4. The number of rotatable bonds is 9. The first-order valence-corrected chi connectivity index (χ1v) is 11.1. The second-order valence-corrected chi connectivity index (χ2v) is 8.25. The van der Waals surface area contributed by atoms with Gasteiger partial charge in [0.15, 0.2) is 5.69 Å². The van der Waals surface area contributed by atoms with Crippen LogP contribution in [0, 0.1) is 5.92 Å². The van der Waals surface area contributed by atoms with Gasteiger partial charge >= 0.3 is 5.69 Å². The van der Waals surface area contributed by atoms with E-state index in [9.17, 15) is 14.4 Å². The van der Waals surface area contributed by atoms with Crippen molar-refractivity contribution in [3.63, 3.8) is 0 Å². The molecule has 33 heavy (non-hydrogen) atoms. The molecule has 8 nitrogen and oxygen atoms in total. The van der Waals surface area contributed by atoms with Crippen molar-refractivity contribution in [3.05, 3.63) is 81.0 Å². The van der Waals surface area contributed by atoms with Crippen LogP contribution in [0.25, 0.3) is 0 Å². The van der Waals surface area contributed by atoms with Crippen molar-refractivity contribution < 1.29 is 9.53 Å². The number of ether oxygens (including phenoxy) is 1. The average molecular weight is 451 g/mol. The summed E-state index contributed by atoms with van der Waals surface area (Å²) in [6.45, 7) is 6.50. The summed E-state index contributed by atoms with van der Waals surface area (Å²) in [4.78, 5) is 42.2. The Morgan fingerprint density at radius 2 is 1.70 bits per heavy atom. The highest BCUT2D eigenvalue weighted by molar-refractivity contribution is 6.07. The van der Waals surface area contributed by atoms with Crippen LogP contribution in [0.4, 0.5) is 11.5 Å². The second kappa shape index (κ2) is 10.7. The number of hydrogen-bond acceptors (Lipinski definition) is 5. The van der Waals surface area contributed by atoms with E-state index in [1.807, 2.05) is 51.1 Å². The number of amides is 1. The number of nitrogens with two attached hydrogens (primary N) is 1. The zero-order chi connectivity index (χ0) is 24.0. The van der Waals surface area contributed by atoms with Gasteiger partial charge in [0.25, 0.3) is 11.5 Å². The lowest BCUT2D eigenvalue weighted by molar-refractivity contribution is 0.0986. The van der Waals surface area contributed by atoms with Crippen molar-refractivity contribution in [2.45, 2.75) is 40.2 Å². The van der Waals surface area contributed by atoms with E-state index in [2.05, 4.69) is 4.98 Å². The number of unbranched alkanes of at least 4 members (excludes halogenated alkanes) is 1. The third-order valence-electron chi connectivity index (χ3n) is 5.09. The molecule has 0 fully saturated rings. The Morgan fingerprint density at radius 1 is 1.06 bits per heavy atom. The number of H-pyrrole nitrogens is 1. The molecule has 174 valence electrons. The van der Waals surface area contributed by atoms with Gasteiger partial charge in [0.05, 0.1) is 0 Å². The third kappa shape index (κ3) is 5.71. The Balaban J connectivity index is 1.96. The van der Waals surface area contributed by atoms with Gasteiger partial charge in [-0.2, -0.15) is 0 Å². The molecular weight excluding hydrogens is 420 g/mol. The topological polar surface area (TPSA) is 110 Å². The Labute approximate surface area is 192 Å². The minimum Gasteiger partial charge on any atom is -0.457 e. The molecule has 0 aliphatic carbocycles. The maximum absolute atomic E-state index is 13.4. The molecule has 0 bridgehead atoms. The lowest BCUT2D eigenvalue weighted by Gasteiger charge is -2.25. The van der Waals surface area contributed by atoms with E-state index >= 15 is 0 Å². The standard InChI is InChI=1S/C25H30N4O4/c1-4-5-15-28(21-22(26)29(16-17(2)3)25(32)27-23(21)30)24(31)18-11-13-20(14-12-18)33-19-9-7-6-8-10-19/h6-14,17H,4-5,15-16,26H2,1-3H3,(H,27,30,32). The lowest BCUT2D eigenvalue weighted by Crippen LogP contribution is -2.42. The van der Waals surface area contributed by atoms with Crippen LogP contribution in [-0.4, -0.2) is 22.0 Å². The summed E-state index contributed by atoms with van der Waals surface area (Å²) >= 11 is 0. The first kappa shape index (κ1) is 23.8. The van der Waals surface area contributed by atoms with Gasteiger partial charge in [-0.05, 0) is 48.7 Å². The Morgan fingerprint density at radius 3 is 2.30 bits per heavy atom. The molecule has 3 aromatic rings. The molecule has 0 saturated carbocycles. The molecule has 0 atom stereocenters. The molecule has 0 saturated heterocycles. The van der Waals surface area contributed by atoms with Crippen molar-refractivity contribution >= 4 is 17.4 Å². The number of nitrogen functional groups attached to an aromatic ring is 1. The van der Waals surface area contributed by atoms with Gasteiger partial charge in [-0.15, -0.1) is 0 Å². The van der Waals surface area contributed by atoms with Gasteiger partial charge in [-0.1, -0.05) is 45.4 Å². The number of aromatic amines is 1. The smallest absolute Gasteiger partial charge is 0.330 e. The number of nitrogens with one attached hydrogen (secondary N) is 1. The predicted octanol–water partition coefficient (Wildman–Crippen LogP) is 4.01. The highest BCUT2D eigenvalue weighted by Gasteiger charge is 2.25. The fraction of sp³-hybridized carbons (Fsp3) is 0.320. The first-order valence-electron chi connectivity index (χ1n) is 11.1. The monoisotopic (exact) mass is 450 g/mol. The largest absolute Gasteiger partial charge is 0.457 e. The number of carbonyl (C=O) groups excluding carboxylic acids is 1. The lowest BCUT2D eigenvalue weighted by atomic mass is 10.1. The van der Waals surface area contributed by atoms with Gasteiger partial charge in [0.2, 0.25) is 0 Å². The number of benzene rings is 2. The SMILES string of the molecule is CCCCN(C(=O)c1ccc(Oc2ccccc2)cc1)c1c(N)n(CC(C)C)c(=O)[nH]c1=O. The van der Waals surface area contributed by atoms with E-state index < -0.39 is 11.2 Å². The Hall–Kier alpha value is -3.81. The summed E-state index contributed by atoms with van der Waals surface area (Å²) in [7, 11) is 0. The quantitative estimate of drug-likeness (QED) is 0.512. The molecule has 1 heterocycles. The fourth-order valence-electron chi connectivity index (χ4n) is 3.46. The number of carbonyl (C=O) groups is 1. The van der Waals surface area contributed by atoms with Crippen LogP contribution in [0.1, 0.15) is 44.0 Å². The van der Waals surface area contributed by atoms with Crippen LogP contribution >= 0.6 is 0 Å². The molecule has 0 aliphatic rings. The maximum atomic E-state index is 13.4. The van der Waals surface area contributed by atoms with Crippen molar-refractivity contribution in [1.82, 2.24) is 9.55 Å². The van der Waals surface area contributed by atoms with Gasteiger partial charge in [-0.25, -0.2) is 4.79 Å². The van der Waals surface area contributed by atoms with Crippen LogP contribution in [0.2, 0.25) is 0 Å². The first-order chi connectivity index (χ1) is 15.8. The summed E-state index contributed by atoms with van der Waals surface area (Å²) in [6.07, 6.45) is 1.49. The normalized spacial score (nSPS) is 10.9. The highest BCUT2D eigenvalue weighted by atomic mass is 16.5. The minimum absolute atomic E-state index is 0.00156.